The van der Waals surface area contributed by atoms with Gasteiger partial charge < -0.3 is 0 Å². The fourth-order valence-electron chi connectivity index (χ4n) is 7.17. The van der Waals surface area contributed by atoms with Gasteiger partial charge in [-0.3, -0.25) is 0 Å². The lowest BCUT2D eigenvalue weighted by atomic mass is 9.12. The molecule has 2 nitrogen and oxygen atoms in total. The molecule has 0 spiro atoms. The molecule has 0 aliphatic rings. The van der Waals surface area contributed by atoms with Gasteiger partial charge in [0.1, 0.15) is 52.7 Å². The summed E-state index contributed by atoms with van der Waals surface area (Å²) in [5, 5.41) is 10.4. The molecule has 0 atom stereocenters. The molecule has 0 saturated heterocycles. The van der Waals surface area contributed by atoms with Crippen LogP contribution in [0.3, 0.4) is 0 Å². The van der Waals surface area contributed by atoms with E-state index in [1.165, 1.54) is 5.56 Å². The lowest BCUT2D eigenvalue weighted by molar-refractivity contribution is -0.664. The van der Waals surface area contributed by atoms with Crippen LogP contribution in [0.4, 0.5) is 87.8 Å². The maximum absolute atomic E-state index is 15.4. The molecular formula is C41H13BF20N2. The second-order valence-electron chi connectivity index (χ2n) is 13.3. The van der Waals surface area contributed by atoms with Gasteiger partial charge in [0, 0.05) is 23.1 Å². The average Bonchev–Trinajstić information content (AvgIpc) is 3.29. The summed E-state index contributed by atoms with van der Waals surface area (Å²) in [6.45, 7) is 0.713. The van der Waals surface area contributed by atoms with Gasteiger partial charge in [0.05, 0.1) is 0 Å². The first-order chi connectivity index (χ1) is 30.1. The second-order valence-corrected chi connectivity index (χ2v) is 13.3. The standard InChI is InChI=1S/C24BF20.C17H13N2/c26-5-1(6(27)14(35)21(42)13(5)34)25(2-7(28)15(36)22(43)16(37)8(2)29,3-9(30)17(38)23(44)18(39)10(3)31)4-11(32)19(40)24(45)20(41)12(4)33;18-12-16-11-10-15-8-4-5-9-17(15)19(16)13-14-6-2-1-3-7-14/h;1-11H,13H2/q-1;+1. The van der Waals surface area contributed by atoms with E-state index in [4.69, 9.17) is 0 Å². The van der Waals surface area contributed by atoms with Crippen molar-refractivity contribution >= 4 is 38.9 Å². The quantitative estimate of drug-likeness (QED) is 0.0539. The van der Waals surface area contributed by atoms with Crippen LogP contribution in [0.25, 0.3) is 10.9 Å². The molecule has 0 fully saturated rings. The Morgan fingerprint density at radius 3 is 0.938 bits per heavy atom. The first kappa shape index (κ1) is 46.4. The van der Waals surface area contributed by atoms with Crippen molar-refractivity contribution < 1.29 is 92.4 Å². The highest BCUT2D eigenvalue weighted by molar-refractivity contribution is 7.20. The van der Waals surface area contributed by atoms with E-state index in [0.717, 1.165) is 10.9 Å². The Kier molecular flexibility index (Phi) is 12.5. The molecule has 0 saturated carbocycles. The van der Waals surface area contributed by atoms with Gasteiger partial charge in [-0.15, -0.1) is 21.9 Å². The molecule has 0 aliphatic heterocycles. The molecule has 330 valence electrons. The molecule has 0 N–H and O–H groups in total. The number of pyridine rings is 1. The van der Waals surface area contributed by atoms with Crippen molar-refractivity contribution in [3.63, 3.8) is 0 Å². The second kappa shape index (κ2) is 17.2. The smallest absolute Gasteiger partial charge is 0.207 e. The number of rotatable bonds is 6. The van der Waals surface area contributed by atoms with Crippen LogP contribution in [0.5, 0.6) is 0 Å². The van der Waals surface area contributed by atoms with E-state index >= 15 is 35.1 Å². The summed E-state index contributed by atoms with van der Waals surface area (Å²) in [4.78, 5) is 0. The zero-order chi connectivity index (χ0) is 47.4. The summed E-state index contributed by atoms with van der Waals surface area (Å²) in [6.07, 6.45) is -7.22. The van der Waals surface area contributed by atoms with E-state index in [0.29, 0.717) is 12.2 Å². The van der Waals surface area contributed by atoms with Gasteiger partial charge in [-0.1, -0.05) is 42.5 Å². The third-order valence-electron chi connectivity index (χ3n) is 9.94. The molecule has 7 aromatic rings. The van der Waals surface area contributed by atoms with Gasteiger partial charge in [-0.25, -0.2) is 87.8 Å². The predicted molar refractivity (Wildman–Crippen MR) is 184 cm³/mol. The first-order valence-corrected chi connectivity index (χ1v) is 17.2. The molecule has 7 rings (SSSR count). The first-order valence-electron chi connectivity index (χ1n) is 17.2. The predicted octanol–water partition coefficient (Wildman–Crippen LogP) is 8.89. The van der Waals surface area contributed by atoms with Crippen LogP contribution < -0.4 is 26.4 Å². The Morgan fingerprint density at radius 1 is 0.344 bits per heavy atom. The SMILES string of the molecule is Fc1c(F)c(F)c([B-](c2c(F)c(F)c(F)c(F)c2F)(c2c(F)c(F)c(F)c(F)c2F)c2c(F)c(F)c(F)c(F)c2F)c(F)c1F.N#Cc1ccc2ccccc2[n+]1Cc1ccccc1. The highest BCUT2D eigenvalue weighted by Gasteiger charge is 2.52. The van der Waals surface area contributed by atoms with Crippen LogP contribution in [0.1, 0.15) is 11.3 Å². The summed E-state index contributed by atoms with van der Waals surface area (Å²) >= 11 is 0. The Labute approximate surface area is 343 Å². The van der Waals surface area contributed by atoms with Crippen LogP contribution >= 0.6 is 0 Å². The van der Waals surface area contributed by atoms with Crippen LogP contribution in [-0.4, -0.2) is 6.15 Å². The third kappa shape index (κ3) is 7.00. The fraction of sp³-hybridized carbons (Fsp3) is 0.0244. The van der Waals surface area contributed by atoms with Crippen molar-refractivity contribution in [2.45, 2.75) is 6.54 Å². The summed E-state index contributed by atoms with van der Waals surface area (Å²) in [6, 6.07) is 24.5. The Hall–Kier alpha value is -7.12. The van der Waals surface area contributed by atoms with Crippen molar-refractivity contribution in [3.05, 3.63) is 194 Å². The molecule has 1 heterocycles. The van der Waals surface area contributed by atoms with Gasteiger partial charge in [0.15, 0.2) is 82.4 Å². The topological polar surface area (TPSA) is 27.7 Å². The van der Waals surface area contributed by atoms with E-state index in [1.54, 1.807) is 0 Å². The number of nitriles is 1. The maximum atomic E-state index is 15.4. The molecule has 6 aromatic carbocycles. The monoisotopic (exact) mass is 924 g/mol. The molecule has 64 heavy (non-hydrogen) atoms. The van der Waals surface area contributed by atoms with Crippen molar-refractivity contribution in [1.29, 1.82) is 5.26 Å². The number of nitrogens with zero attached hydrogens (tertiary/aromatic N) is 2. The van der Waals surface area contributed by atoms with Crippen LogP contribution in [0.15, 0.2) is 66.7 Å². The molecule has 0 radical (unpaired) electrons. The lowest BCUT2D eigenvalue weighted by Crippen LogP contribution is -2.81. The van der Waals surface area contributed by atoms with Crippen molar-refractivity contribution in [2.75, 3.05) is 0 Å². The minimum absolute atomic E-state index is 0.683. The number of aromatic nitrogens is 1. The van der Waals surface area contributed by atoms with E-state index in [9.17, 15) is 57.9 Å². The maximum Gasteiger partial charge on any atom is 0.284 e. The number of hydrogen-bond acceptors (Lipinski definition) is 1. The van der Waals surface area contributed by atoms with Crippen LogP contribution in [0, 0.1) is 128 Å². The number of fused-ring (bicyclic) bond motifs is 1. The Morgan fingerprint density at radius 2 is 0.625 bits per heavy atom. The Bertz CT molecular complexity index is 2720. The largest absolute Gasteiger partial charge is 0.284 e. The van der Waals surface area contributed by atoms with E-state index < -0.39 is 144 Å². The Balaban J connectivity index is 0.000000295. The van der Waals surface area contributed by atoms with Gasteiger partial charge in [-0.2, -0.15) is 9.83 Å². The van der Waals surface area contributed by atoms with Crippen LogP contribution in [-0.2, 0) is 6.54 Å². The molecule has 0 aliphatic carbocycles. The fourth-order valence-corrected chi connectivity index (χ4v) is 7.17. The highest BCUT2D eigenvalue weighted by Crippen LogP contribution is 2.31. The molecular weight excluding hydrogens is 911 g/mol. The molecule has 0 amide bonds. The highest BCUT2D eigenvalue weighted by atomic mass is 19.2. The van der Waals surface area contributed by atoms with Gasteiger partial charge >= 0.3 is 0 Å². The number of benzene rings is 6. The third-order valence-corrected chi connectivity index (χ3v) is 9.94. The number of para-hydroxylation sites is 1. The summed E-state index contributed by atoms with van der Waals surface area (Å²) in [5.74, 6) is -71.4. The van der Waals surface area contributed by atoms with Crippen molar-refractivity contribution in [2.24, 2.45) is 0 Å². The lowest BCUT2D eigenvalue weighted by Gasteiger charge is -2.44. The van der Waals surface area contributed by atoms with Gasteiger partial charge in [-0.05, 0) is 12.1 Å². The van der Waals surface area contributed by atoms with Crippen LogP contribution in [0.2, 0.25) is 0 Å². The normalized spacial score (nSPS) is 11.5. The van der Waals surface area contributed by atoms with Crippen molar-refractivity contribution in [3.8, 4) is 6.07 Å². The van der Waals surface area contributed by atoms with Crippen molar-refractivity contribution in [1.82, 2.24) is 0 Å². The number of halogens is 20. The summed E-state index contributed by atoms with van der Waals surface area (Å²) in [7, 11) is 0. The van der Waals surface area contributed by atoms with Gasteiger partial charge in [0.2, 0.25) is 5.52 Å². The van der Waals surface area contributed by atoms with E-state index in [1.807, 2.05) is 42.5 Å². The van der Waals surface area contributed by atoms with Gasteiger partial charge in [0.25, 0.3) is 5.69 Å². The van der Waals surface area contributed by atoms with E-state index in [2.05, 4.69) is 34.9 Å². The molecule has 23 heteroatoms. The average molecular weight is 924 g/mol. The summed E-state index contributed by atoms with van der Waals surface area (Å²) in [5.41, 5.74) is -11.4. The van der Waals surface area contributed by atoms with E-state index in [-0.39, 0.29) is 0 Å². The molecule has 1 aromatic heterocycles. The molecule has 0 bridgehead atoms. The minimum atomic E-state index is -7.22. The summed E-state index contributed by atoms with van der Waals surface area (Å²) < 4.78 is 296. The number of hydrogen-bond donors (Lipinski definition) is 0. The zero-order valence-corrected chi connectivity index (χ0v) is 30.6. The molecule has 0 unspecified atom stereocenters. The zero-order valence-electron chi connectivity index (χ0n) is 30.6. The minimum Gasteiger partial charge on any atom is -0.207 e.